The first kappa shape index (κ1) is 15.5. The van der Waals surface area contributed by atoms with Crippen molar-refractivity contribution < 1.29 is 4.74 Å². The summed E-state index contributed by atoms with van der Waals surface area (Å²) in [6.07, 6.45) is 3.70. The minimum absolute atomic E-state index is 0.587. The predicted molar refractivity (Wildman–Crippen MR) is 83.2 cm³/mol. The molecular weight excluding hydrogens is 264 g/mol. The molecule has 0 aliphatic carbocycles. The van der Waals surface area contributed by atoms with Crippen LogP contribution in [0.2, 0.25) is 0 Å². The SMILES string of the molecule is Cc1ccc(OCCn2cccn2)c(CNCC(C)C)n1. The van der Waals surface area contributed by atoms with Gasteiger partial charge in [-0.3, -0.25) is 9.67 Å². The number of nitrogens with zero attached hydrogens (tertiary/aromatic N) is 3. The molecule has 0 aromatic carbocycles. The molecule has 0 bridgehead atoms. The number of pyridine rings is 1. The maximum atomic E-state index is 5.86. The van der Waals surface area contributed by atoms with Crippen molar-refractivity contribution in [2.24, 2.45) is 5.92 Å². The molecule has 0 aliphatic rings. The minimum Gasteiger partial charge on any atom is -0.490 e. The molecule has 0 aliphatic heterocycles. The zero-order chi connectivity index (χ0) is 15.1. The summed E-state index contributed by atoms with van der Waals surface area (Å²) >= 11 is 0. The molecule has 0 fully saturated rings. The highest BCUT2D eigenvalue weighted by Crippen LogP contribution is 2.17. The van der Waals surface area contributed by atoms with Gasteiger partial charge in [-0.2, -0.15) is 5.10 Å². The number of hydrogen-bond acceptors (Lipinski definition) is 4. The lowest BCUT2D eigenvalue weighted by molar-refractivity contribution is 0.286. The molecule has 21 heavy (non-hydrogen) atoms. The lowest BCUT2D eigenvalue weighted by Gasteiger charge is -2.13. The normalized spacial score (nSPS) is 11.0. The molecule has 0 amide bonds. The van der Waals surface area contributed by atoms with E-state index in [-0.39, 0.29) is 0 Å². The van der Waals surface area contributed by atoms with E-state index in [9.17, 15) is 0 Å². The van der Waals surface area contributed by atoms with Gasteiger partial charge in [-0.05, 0) is 37.6 Å². The molecule has 2 aromatic rings. The zero-order valence-corrected chi connectivity index (χ0v) is 13.0. The quantitative estimate of drug-likeness (QED) is 0.810. The standard InChI is InChI=1S/C16H24N4O/c1-13(2)11-17-12-15-16(6-5-14(3)19-15)21-10-9-20-8-4-7-18-20/h4-8,13,17H,9-12H2,1-3H3. The van der Waals surface area contributed by atoms with E-state index in [1.807, 2.05) is 36.0 Å². The third kappa shape index (κ3) is 5.19. The van der Waals surface area contributed by atoms with E-state index < -0.39 is 0 Å². The van der Waals surface area contributed by atoms with Crippen LogP contribution in [0.3, 0.4) is 0 Å². The number of nitrogens with one attached hydrogen (secondary N) is 1. The molecule has 2 aromatic heterocycles. The summed E-state index contributed by atoms with van der Waals surface area (Å²) in [7, 11) is 0. The Labute approximate surface area is 126 Å². The molecule has 2 heterocycles. The summed E-state index contributed by atoms with van der Waals surface area (Å²) in [5.74, 6) is 1.48. The fourth-order valence-electron chi connectivity index (χ4n) is 2.02. The molecule has 2 rings (SSSR count). The number of aromatic nitrogens is 3. The van der Waals surface area contributed by atoms with Crippen molar-refractivity contribution in [1.29, 1.82) is 0 Å². The van der Waals surface area contributed by atoms with Gasteiger partial charge in [-0.1, -0.05) is 13.8 Å². The van der Waals surface area contributed by atoms with Crippen LogP contribution < -0.4 is 10.1 Å². The van der Waals surface area contributed by atoms with Crippen LogP contribution in [0.1, 0.15) is 25.2 Å². The lowest BCUT2D eigenvalue weighted by Crippen LogP contribution is -2.20. The molecule has 0 saturated heterocycles. The van der Waals surface area contributed by atoms with Crippen LogP contribution in [0.15, 0.2) is 30.6 Å². The van der Waals surface area contributed by atoms with Crippen LogP contribution in [0.25, 0.3) is 0 Å². The zero-order valence-electron chi connectivity index (χ0n) is 13.0. The Morgan fingerprint density at radius 2 is 2.19 bits per heavy atom. The Morgan fingerprint density at radius 1 is 1.33 bits per heavy atom. The fraction of sp³-hybridized carbons (Fsp3) is 0.500. The summed E-state index contributed by atoms with van der Waals surface area (Å²) in [5.41, 5.74) is 1.98. The van der Waals surface area contributed by atoms with Crippen molar-refractivity contribution in [3.8, 4) is 5.75 Å². The number of ether oxygens (including phenoxy) is 1. The maximum Gasteiger partial charge on any atom is 0.142 e. The van der Waals surface area contributed by atoms with E-state index in [1.165, 1.54) is 0 Å². The van der Waals surface area contributed by atoms with E-state index in [0.29, 0.717) is 12.5 Å². The van der Waals surface area contributed by atoms with Crippen molar-refractivity contribution >= 4 is 0 Å². The Kier molecular flexibility index (Phi) is 5.75. The number of rotatable bonds is 8. The highest BCUT2D eigenvalue weighted by atomic mass is 16.5. The van der Waals surface area contributed by atoms with Crippen LogP contribution >= 0.6 is 0 Å². The Bertz CT molecular complexity index is 537. The van der Waals surface area contributed by atoms with Crippen molar-refractivity contribution in [2.75, 3.05) is 13.2 Å². The third-order valence-electron chi connectivity index (χ3n) is 3.05. The van der Waals surface area contributed by atoms with Crippen LogP contribution in [0, 0.1) is 12.8 Å². The smallest absolute Gasteiger partial charge is 0.142 e. The van der Waals surface area contributed by atoms with Crippen molar-refractivity contribution in [2.45, 2.75) is 33.9 Å². The molecule has 0 unspecified atom stereocenters. The highest BCUT2D eigenvalue weighted by Gasteiger charge is 2.06. The average molecular weight is 288 g/mol. The summed E-state index contributed by atoms with van der Waals surface area (Å²) < 4.78 is 7.72. The first-order chi connectivity index (χ1) is 10.1. The van der Waals surface area contributed by atoms with Gasteiger partial charge in [0.1, 0.15) is 12.4 Å². The summed E-state index contributed by atoms with van der Waals surface area (Å²) in [6, 6.07) is 5.89. The highest BCUT2D eigenvalue weighted by molar-refractivity contribution is 5.29. The summed E-state index contributed by atoms with van der Waals surface area (Å²) in [6.45, 7) is 9.42. The van der Waals surface area contributed by atoms with Gasteiger partial charge in [-0.25, -0.2) is 0 Å². The van der Waals surface area contributed by atoms with Gasteiger partial charge in [0.2, 0.25) is 0 Å². The summed E-state index contributed by atoms with van der Waals surface area (Å²) in [5, 5.41) is 7.57. The predicted octanol–water partition coefficient (Wildman–Crippen LogP) is 2.41. The molecule has 0 spiro atoms. The first-order valence-corrected chi connectivity index (χ1v) is 7.42. The van der Waals surface area contributed by atoms with E-state index in [0.717, 1.165) is 36.8 Å². The molecule has 1 N–H and O–H groups in total. The van der Waals surface area contributed by atoms with Gasteiger partial charge in [-0.15, -0.1) is 0 Å². The second kappa shape index (κ2) is 7.78. The minimum atomic E-state index is 0.587. The van der Waals surface area contributed by atoms with E-state index in [1.54, 1.807) is 6.20 Å². The van der Waals surface area contributed by atoms with Crippen molar-refractivity contribution in [1.82, 2.24) is 20.1 Å². The Balaban J connectivity index is 1.90. The largest absolute Gasteiger partial charge is 0.490 e. The van der Waals surface area contributed by atoms with E-state index >= 15 is 0 Å². The topological polar surface area (TPSA) is 52.0 Å². The summed E-state index contributed by atoms with van der Waals surface area (Å²) in [4.78, 5) is 4.58. The lowest BCUT2D eigenvalue weighted by atomic mass is 10.2. The fourth-order valence-corrected chi connectivity index (χ4v) is 2.02. The molecule has 114 valence electrons. The Morgan fingerprint density at radius 3 is 2.90 bits per heavy atom. The second-order valence-corrected chi connectivity index (χ2v) is 5.54. The van der Waals surface area contributed by atoms with E-state index in [2.05, 4.69) is 29.2 Å². The molecule has 5 nitrogen and oxygen atoms in total. The second-order valence-electron chi connectivity index (χ2n) is 5.54. The van der Waals surface area contributed by atoms with E-state index in [4.69, 9.17) is 4.74 Å². The Hall–Kier alpha value is -1.88. The van der Waals surface area contributed by atoms with Gasteiger partial charge in [0.05, 0.1) is 12.2 Å². The van der Waals surface area contributed by atoms with Crippen molar-refractivity contribution in [3.05, 3.63) is 42.0 Å². The molecule has 0 radical (unpaired) electrons. The number of aryl methyl sites for hydroxylation is 1. The molecule has 0 atom stereocenters. The van der Waals surface area contributed by atoms with Gasteiger partial charge in [0, 0.05) is 24.6 Å². The first-order valence-electron chi connectivity index (χ1n) is 7.42. The molecule has 0 saturated carbocycles. The number of hydrogen-bond donors (Lipinski definition) is 1. The molecule has 5 heteroatoms. The van der Waals surface area contributed by atoms with Crippen molar-refractivity contribution in [3.63, 3.8) is 0 Å². The average Bonchev–Trinajstić information content (AvgIpc) is 2.94. The van der Waals surface area contributed by atoms with Crippen LogP contribution in [-0.4, -0.2) is 27.9 Å². The van der Waals surface area contributed by atoms with Crippen LogP contribution in [0.5, 0.6) is 5.75 Å². The van der Waals surface area contributed by atoms with Gasteiger partial charge >= 0.3 is 0 Å². The monoisotopic (exact) mass is 288 g/mol. The van der Waals surface area contributed by atoms with Gasteiger partial charge in [0.15, 0.2) is 0 Å². The molecular formula is C16H24N4O. The van der Waals surface area contributed by atoms with Crippen LogP contribution in [-0.2, 0) is 13.1 Å². The van der Waals surface area contributed by atoms with Crippen LogP contribution in [0.4, 0.5) is 0 Å². The third-order valence-corrected chi connectivity index (χ3v) is 3.05. The van der Waals surface area contributed by atoms with Gasteiger partial charge in [0.25, 0.3) is 0 Å². The maximum absolute atomic E-state index is 5.86. The van der Waals surface area contributed by atoms with Gasteiger partial charge < -0.3 is 10.1 Å².